The van der Waals surface area contributed by atoms with Crippen LogP contribution in [0.3, 0.4) is 0 Å². The summed E-state index contributed by atoms with van der Waals surface area (Å²) < 4.78 is 35.6. The Hall–Kier alpha value is -0.250. The minimum absolute atomic E-state index is 0.237. The highest BCUT2D eigenvalue weighted by Gasteiger charge is 2.26. The van der Waals surface area contributed by atoms with Crippen LogP contribution in [0.2, 0.25) is 0 Å². The lowest BCUT2D eigenvalue weighted by Crippen LogP contribution is -2.28. The molecule has 0 spiro atoms. The minimum atomic E-state index is -4.00. The van der Waals surface area contributed by atoms with Gasteiger partial charge in [-0.05, 0) is 25.8 Å². The summed E-state index contributed by atoms with van der Waals surface area (Å²) in [6.07, 6.45) is -1.81. The molecule has 4 heteroatoms. The van der Waals surface area contributed by atoms with E-state index in [2.05, 4.69) is 5.32 Å². The average molecular weight is 211 g/mol. The number of rotatable bonds is 7. The summed E-state index contributed by atoms with van der Waals surface area (Å²) in [5.74, 6) is 0. The molecule has 0 radical (unpaired) electrons. The van der Waals surface area contributed by atoms with Gasteiger partial charge in [-0.1, -0.05) is 20.3 Å². The third-order valence-corrected chi connectivity index (χ3v) is 2.14. The first kappa shape index (κ1) is 13.8. The van der Waals surface area contributed by atoms with Crippen molar-refractivity contribution in [2.75, 3.05) is 6.54 Å². The molecule has 0 heterocycles. The smallest absolute Gasteiger partial charge is 0.314 e. The van der Waals surface area contributed by atoms with Gasteiger partial charge in [0.25, 0.3) is 0 Å². The lowest BCUT2D eigenvalue weighted by molar-refractivity contribution is -0.135. The Morgan fingerprint density at radius 3 is 2.21 bits per heavy atom. The van der Waals surface area contributed by atoms with Crippen molar-refractivity contribution in [2.45, 2.75) is 58.2 Å². The zero-order valence-corrected chi connectivity index (χ0v) is 8.95. The number of alkyl halides is 3. The van der Waals surface area contributed by atoms with Crippen LogP contribution in [-0.2, 0) is 0 Å². The van der Waals surface area contributed by atoms with Crippen molar-refractivity contribution in [1.82, 2.24) is 5.32 Å². The molecule has 1 nitrogen and oxygen atoms in total. The van der Waals surface area contributed by atoms with Gasteiger partial charge in [-0.15, -0.1) is 0 Å². The zero-order valence-electron chi connectivity index (χ0n) is 8.95. The normalized spacial score (nSPS) is 14.4. The Morgan fingerprint density at radius 1 is 1.14 bits per heavy atom. The number of nitrogens with one attached hydrogen (secondary N) is 1. The van der Waals surface area contributed by atoms with E-state index in [0.717, 1.165) is 19.4 Å². The lowest BCUT2D eigenvalue weighted by atomic mass is 10.0. The monoisotopic (exact) mass is 211 g/mol. The van der Waals surface area contributed by atoms with Gasteiger partial charge in [0.1, 0.15) is 0 Å². The largest absolute Gasteiger partial charge is 0.389 e. The predicted molar refractivity (Wildman–Crippen MR) is 52.3 cm³/mol. The van der Waals surface area contributed by atoms with E-state index >= 15 is 0 Å². The van der Waals surface area contributed by atoms with Crippen LogP contribution in [0.15, 0.2) is 0 Å². The highest BCUT2D eigenvalue weighted by atomic mass is 19.4. The van der Waals surface area contributed by atoms with E-state index in [1.165, 1.54) is 0 Å². The lowest BCUT2D eigenvalue weighted by Gasteiger charge is -2.17. The molecule has 0 aromatic carbocycles. The Kier molecular flexibility index (Phi) is 6.97. The fourth-order valence-corrected chi connectivity index (χ4v) is 1.53. The van der Waals surface area contributed by atoms with E-state index in [0.29, 0.717) is 6.42 Å². The standard InChI is InChI=1S/C10H20F3N/c1-3-6-9(14-4-2)7-5-8-10(11,12)13/h9,14H,3-8H2,1-2H3. The summed E-state index contributed by atoms with van der Waals surface area (Å²) in [4.78, 5) is 0. The summed E-state index contributed by atoms with van der Waals surface area (Å²) in [5, 5.41) is 3.20. The second-order valence-electron chi connectivity index (χ2n) is 3.55. The van der Waals surface area contributed by atoms with Crippen molar-refractivity contribution in [2.24, 2.45) is 0 Å². The maximum atomic E-state index is 11.9. The fourth-order valence-electron chi connectivity index (χ4n) is 1.53. The first-order valence-corrected chi connectivity index (χ1v) is 5.29. The molecule has 0 rings (SSSR count). The van der Waals surface area contributed by atoms with Crippen molar-refractivity contribution in [3.8, 4) is 0 Å². The van der Waals surface area contributed by atoms with Gasteiger partial charge in [0, 0.05) is 12.5 Å². The van der Waals surface area contributed by atoms with Gasteiger partial charge in [-0.3, -0.25) is 0 Å². The summed E-state index contributed by atoms with van der Waals surface area (Å²) in [7, 11) is 0. The molecular weight excluding hydrogens is 191 g/mol. The second kappa shape index (κ2) is 7.10. The van der Waals surface area contributed by atoms with Crippen LogP contribution < -0.4 is 5.32 Å². The molecule has 86 valence electrons. The molecule has 1 N–H and O–H groups in total. The quantitative estimate of drug-likeness (QED) is 0.679. The van der Waals surface area contributed by atoms with Gasteiger partial charge in [0.2, 0.25) is 0 Å². The highest BCUT2D eigenvalue weighted by molar-refractivity contribution is 4.66. The van der Waals surface area contributed by atoms with E-state index < -0.39 is 12.6 Å². The van der Waals surface area contributed by atoms with Crippen LogP contribution in [0.4, 0.5) is 13.2 Å². The molecule has 1 unspecified atom stereocenters. The molecule has 0 aromatic rings. The maximum Gasteiger partial charge on any atom is 0.389 e. The third-order valence-electron chi connectivity index (χ3n) is 2.14. The molecule has 0 aliphatic heterocycles. The average Bonchev–Trinajstić information content (AvgIpc) is 2.02. The zero-order chi connectivity index (χ0) is 11.0. The molecule has 0 aliphatic carbocycles. The second-order valence-corrected chi connectivity index (χ2v) is 3.55. The topological polar surface area (TPSA) is 12.0 Å². The van der Waals surface area contributed by atoms with Gasteiger partial charge in [-0.2, -0.15) is 13.2 Å². The van der Waals surface area contributed by atoms with E-state index in [4.69, 9.17) is 0 Å². The molecule has 0 saturated carbocycles. The van der Waals surface area contributed by atoms with Crippen LogP contribution in [-0.4, -0.2) is 18.8 Å². The number of hydrogen-bond acceptors (Lipinski definition) is 1. The van der Waals surface area contributed by atoms with Crippen LogP contribution in [0.5, 0.6) is 0 Å². The van der Waals surface area contributed by atoms with E-state index in [1.807, 2.05) is 13.8 Å². The Bertz CT molecular complexity index is 128. The van der Waals surface area contributed by atoms with Crippen molar-refractivity contribution < 1.29 is 13.2 Å². The van der Waals surface area contributed by atoms with Gasteiger partial charge in [0.15, 0.2) is 0 Å². The van der Waals surface area contributed by atoms with E-state index in [-0.39, 0.29) is 12.5 Å². The highest BCUT2D eigenvalue weighted by Crippen LogP contribution is 2.23. The first-order valence-electron chi connectivity index (χ1n) is 5.29. The van der Waals surface area contributed by atoms with Gasteiger partial charge < -0.3 is 5.32 Å². The predicted octanol–water partition coefficient (Wildman–Crippen LogP) is 3.50. The molecule has 0 amide bonds. The van der Waals surface area contributed by atoms with E-state index in [9.17, 15) is 13.2 Å². The molecule has 0 fully saturated rings. The third kappa shape index (κ3) is 8.35. The molecule has 14 heavy (non-hydrogen) atoms. The van der Waals surface area contributed by atoms with E-state index in [1.54, 1.807) is 0 Å². The summed E-state index contributed by atoms with van der Waals surface area (Å²) in [6, 6.07) is 0.257. The van der Waals surface area contributed by atoms with Crippen molar-refractivity contribution in [1.29, 1.82) is 0 Å². The summed E-state index contributed by atoms with van der Waals surface area (Å²) in [6.45, 7) is 4.86. The molecule has 0 aliphatic rings. The van der Waals surface area contributed by atoms with Crippen LogP contribution >= 0.6 is 0 Å². The van der Waals surface area contributed by atoms with Crippen molar-refractivity contribution in [3.63, 3.8) is 0 Å². The van der Waals surface area contributed by atoms with Gasteiger partial charge >= 0.3 is 6.18 Å². The molecule has 0 saturated heterocycles. The van der Waals surface area contributed by atoms with Crippen LogP contribution in [0, 0.1) is 0 Å². The molecule has 0 aromatic heterocycles. The van der Waals surface area contributed by atoms with Crippen LogP contribution in [0.1, 0.15) is 46.0 Å². The first-order chi connectivity index (χ1) is 6.49. The number of halogens is 3. The maximum absolute atomic E-state index is 11.9. The minimum Gasteiger partial charge on any atom is -0.314 e. The summed E-state index contributed by atoms with van der Waals surface area (Å²) in [5.41, 5.74) is 0. The van der Waals surface area contributed by atoms with Gasteiger partial charge in [0.05, 0.1) is 0 Å². The molecular formula is C10H20F3N. The SMILES string of the molecule is CCCC(CCCC(F)(F)F)NCC. The summed E-state index contributed by atoms with van der Waals surface area (Å²) >= 11 is 0. The van der Waals surface area contributed by atoms with Gasteiger partial charge in [-0.25, -0.2) is 0 Å². The Morgan fingerprint density at radius 2 is 1.79 bits per heavy atom. The Labute approximate surface area is 84.1 Å². The van der Waals surface area contributed by atoms with Crippen molar-refractivity contribution >= 4 is 0 Å². The fraction of sp³-hybridized carbons (Fsp3) is 1.00. The Balaban J connectivity index is 3.60. The number of hydrogen-bond donors (Lipinski definition) is 1. The van der Waals surface area contributed by atoms with Crippen molar-refractivity contribution in [3.05, 3.63) is 0 Å². The molecule has 0 bridgehead atoms. The van der Waals surface area contributed by atoms with Crippen LogP contribution in [0.25, 0.3) is 0 Å². The molecule has 1 atom stereocenters.